The number of nitrogens with zero attached hydrogens (tertiary/aromatic N) is 1. The Morgan fingerprint density at radius 2 is 1.79 bits per heavy atom. The summed E-state index contributed by atoms with van der Waals surface area (Å²) in [5, 5.41) is 2.61. The van der Waals surface area contributed by atoms with Gasteiger partial charge in [0, 0.05) is 20.6 Å². The van der Waals surface area contributed by atoms with Gasteiger partial charge < -0.3 is 9.47 Å². The molecular formula is C24H16BrCl3N2O4. The van der Waals surface area contributed by atoms with Gasteiger partial charge in [0.25, 0.3) is 11.8 Å². The number of anilines is 1. The maximum Gasteiger partial charge on any atom is 0.282 e. The third-order valence-electron chi connectivity index (χ3n) is 4.91. The molecule has 34 heavy (non-hydrogen) atoms. The van der Waals surface area contributed by atoms with E-state index in [1.54, 1.807) is 54.6 Å². The highest BCUT2D eigenvalue weighted by molar-refractivity contribution is 9.10. The van der Waals surface area contributed by atoms with E-state index in [-0.39, 0.29) is 12.2 Å². The second-order valence-electron chi connectivity index (χ2n) is 7.18. The van der Waals surface area contributed by atoms with Crippen LogP contribution in [0.2, 0.25) is 15.1 Å². The molecule has 0 aromatic heterocycles. The first-order chi connectivity index (χ1) is 16.3. The van der Waals surface area contributed by atoms with Crippen molar-refractivity contribution >= 4 is 74.3 Å². The molecular weight excluding hydrogens is 567 g/mol. The number of methoxy groups -OCH3 is 1. The Hall–Kier alpha value is -2.71. The van der Waals surface area contributed by atoms with Gasteiger partial charge in [0.1, 0.15) is 12.2 Å². The second-order valence-corrected chi connectivity index (χ2v) is 9.31. The minimum atomic E-state index is -0.530. The van der Waals surface area contributed by atoms with Gasteiger partial charge in [0.05, 0.1) is 17.3 Å². The number of halogens is 4. The van der Waals surface area contributed by atoms with Gasteiger partial charge in [-0.1, -0.05) is 46.9 Å². The zero-order valence-electron chi connectivity index (χ0n) is 17.6. The highest BCUT2D eigenvalue weighted by Gasteiger charge is 2.34. The molecule has 1 aliphatic rings. The van der Waals surface area contributed by atoms with E-state index in [2.05, 4.69) is 21.4 Å². The summed E-state index contributed by atoms with van der Waals surface area (Å²) in [6.07, 6.45) is 1.48. The molecule has 0 aliphatic carbocycles. The molecule has 0 spiro atoms. The van der Waals surface area contributed by atoms with E-state index < -0.39 is 11.8 Å². The Kier molecular flexibility index (Phi) is 7.38. The van der Waals surface area contributed by atoms with Crippen LogP contribution in [0, 0.1) is 0 Å². The largest absolute Gasteiger partial charge is 0.493 e. The fourth-order valence-corrected chi connectivity index (χ4v) is 4.49. The number of hydrazine groups is 1. The molecule has 174 valence electrons. The van der Waals surface area contributed by atoms with Crippen molar-refractivity contribution in [1.29, 1.82) is 0 Å². The van der Waals surface area contributed by atoms with Crippen LogP contribution in [-0.2, 0) is 16.2 Å². The van der Waals surface area contributed by atoms with Crippen LogP contribution in [0.25, 0.3) is 6.08 Å². The topological polar surface area (TPSA) is 67.9 Å². The summed E-state index contributed by atoms with van der Waals surface area (Å²) in [6.45, 7) is 0.181. The van der Waals surface area contributed by atoms with Gasteiger partial charge in [-0.15, -0.1) is 0 Å². The minimum Gasteiger partial charge on any atom is -0.493 e. The number of carbonyl (C=O) groups is 2. The van der Waals surface area contributed by atoms with Crippen molar-refractivity contribution in [3.63, 3.8) is 0 Å². The molecule has 0 bridgehead atoms. The molecule has 1 heterocycles. The molecule has 2 amide bonds. The molecule has 4 rings (SSSR count). The van der Waals surface area contributed by atoms with Gasteiger partial charge >= 0.3 is 0 Å². The van der Waals surface area contributed by atoms with Crippen molar-refractivity contribution in [2.24, 2.45) is 0 Å². The fourth-order valence-electron chi connectivity index (χ4n) is 3.27. The molecule has 1 saturated heterocycles. The van der Waals surface area contributed by atoms with Crippen LogP contribution in [0.3, 0.4) is 0 Å². The number of hydrogen-bond acceptors (Lipinski definition) is 4. The number of carbonyl (C=O) groups excluding carboxylic acids is 2. The lowest BCUT2D eigenvalue weighted by Crippen LogP contribution is -2.35. The summed E-state index contributed by atoms with van der Waals surface area (Å²) in [6, 6.07) is 15.2. The van der Waals surface area contributed by atoms with Gasteiger partial charge in [-0.3, -0.25) is 15.0 Å². The predicted octanol–water partition coefficient (Wildman–Crippen LogP) is 6.46. The summed E-state index contributed by atoms with van der Waals surface area (Å²) >= 11 is 21.7. The lowest BCUT2D eigenvalue weighted by molar-refractivity contribution is -0.117. The monoisotopic (exact) mass is 580 g/mol. The maximum absolute atomic E-state index is 12.9. The van der Waals surface area contributed by atoms with Crippen LogP contribution in [0.5, 0.6) is 11.5 Å². The summed E-state index contributed by atoms with van der Waals surface area (Å²) < 4.78 is 12.0. The van der Waals surface area contributed by atoms with Crippen LogP contribution in [0.1, 0.15) is 11.1 Å². The van der Waals surface area contributed by atoms with Crippen LogP contribution in [0.15, 0.2) is 64.6 Å². The van der Waals surface area contributed by atoms with Crippen molar-refractivity contribution in [3.05, 3.63) is 90.8 Å². The van der Waals surface area contributed by atoms with E-state index in [4.69, 9.17) is 44.3 Å². The molecule has 3 aromatic carbocycles. The average molecular weight is 583 g/mol. The summed E-state index contributed by atoms with van der Waals surface area (Å²) in [7, 11) is 1.50. The molecule has 1 aliphatic heterocycles. The van der Waals surface area contributed by atoms with Crippen molar-refractivity contribution in [2.75, 3.05) is 12.1 Å². The molecule has 1 fully saturated rings. The summed E-state index contributed by atoms with van der Waals surface area (Å²) in [5.74, 6) is -0.180. The standard InChI is InChI=1S/C24H16BrCl3N2O4/c1-33-21-9-13(8-19(25)22(21)34-12-14-5-6-16(27)11-20(14)28)7-18-23(31)29-30(24(18)32)17-4-2-3-15(26)10-17/h2-11H,12H2,1H3,(H,29,31)/b18-7-. The van der Waals surface area contributed by atoms with E-state index in [1.807, 2.05) is 0 Å². The predicted molar refractivity (Wildman–Crippen MR) is 137 cm³/mol. The maximum atomic E-state index is 12.9. The zero-order chi connectivity index (χ0) is 24.4. The van der Waals surface area contributed by atoms with E-state index in [9.17, 15) is 9.59 Å². The number of nitrogens with one attached hydrogen (secondary N) is 1. The van der Waals surface area contributed by atoms with Gasteiger partial charge in [-0.05, 0) is 70.0 Å². The third kappa shape index (κ3) is 5.18. The molecule has 0 atom stereocenters. The summed E-state index contributed by atoms with van der Waals surface area (Å²) in [5.41, 5.74) is 4.28. The first-order valence-corrected chi connectivity index (χ1v) is 11.8. The van der Waals surface area contributed by atoms with Gasteiger partial charge in [-0.2, -0.15) is 0 Å². The van der Waals surface area contributed by atoms with Crippen molar-refractivity contribution in [3.8, 4) is 11.5 Å². The normalized spacial score (nSPS) is 14.5. The smallest absolute Gasteiger partial charge is 0.282 e. The minimum absolute atomic E-state index is 0.0319. The Labute approximate surface area is 219 Å². The van der Waals surface area contributed by atoms with Gasteiger partial charge in [-0.25, -0.2) is 5.01 Å². The van der Waals surface area contributed by atoms with Crippen molar-refractivity contribution in [1.82, 2.24) is 5.43 Å². The number of hydrogen-bond donors (Lipinski definition) is 1. The highest BCUT2D eigenvalue weighted by atomic mass is 79.9. The average Bonchev–Trinajstić information content (AvgIpc) is 3.07. The van der Waals surface area contributed by atoms with Crippen LogP contribution in [-0.4, -0.2) is 18.9 Å². The molecule has 3 aromatic rings. The number of benzene rings is 3. The van der Waals surface area contributed by atoms with E-state index >= 15 is 0 Å². The zero-order valence-corrected chi connectivity index (χ0v) is 21.4. The quantitative estimate of drug-likeness (QED) is 0.268. The molecule has 6 nitrogen and oxygen atoms in total. The fraction of sp³-hybridized carbons (Fsp3) is 0.0833. The lowest BCUT2D eigenvalue weighted by atomic mass is 10.1. The number of rotatable bonds is 6. The Bertz CT molecular complexity index is 1330. The first kappa shape index (κ1) is 24.4. The van der Waals surface area contributed by atoms with Crippen LogP contribution < -0.4 is 19.9 Å². The SMILES string of the molecule is COc1cc(/C=C2/C(=O)NN(c3cccc(Cl)c3)C2=O)cc(Br)c1OCc1ccc(Cl)cc1Cl. The second kappa shape index (κ2) is 10.3. The Morgan fingerprint density at radius 3 is 2.50 bits per heavy atom. The molecule has 10 heteroatoms. The van der Waals surface area contributed by atoms with Crippen molar-refractivity contribution in [2.45, 2.75) is 6.61 Å². The number of ether oxygens (including phenoxy) is 2. The molecule has 0 unspecified atom stereocenters. The van der Waals surface area contributed by atoms with Gasteiger partial charge in [0.15, 0.2) is 11.5 Å². The first-order valence-electron chi connectivity index (χ1n) is 9.84. The van der Waals surface area contributed by atoms with E-state index in [0.29, 0.717) is 42.3 Å². The van der Waals surface area contributed by atoms with Gasteiger partial charge in [0.2, 0.25) is 0 Å². The van der Waals surface area contributed by atoms with Crippen molar-refractivity contribution < 1.29 is 19.1 Å². The molecule has 0 saturated carbocycles. The number of amides is 2. The Morgan fingerprint density at radius 1 is 1.03 bits per heavy atom. The Balaban J connectivity index is 1.59. The highest BCUT2D eigenvalue weighted by Crippen LogP contribution is 2.38. The van der Waals surface area contributed by atoms with Crippen LogP contribution >= 0.6 is 50.7 Å². The lowest BCUT2D eigenvalue weighted by Gasteiger charge is -2.15. The summed E-state index contributed by atoms with van der Waals surface area (Å²) in [4.78, 5) is 25.4. The molecule has 0 radical (unpaired) electrons. The molecule has 1 N–H and O–H groups in total. The van der Waals surface area contributed by atoms with E-state index in [0.717, 1.165) is 10.6 Å². The third-order valence-corrected chi connectivity index (χ3v) is 6.32. The van der Waals surface area contributed by atoms with Crippen LogP contribution in [0.4, 0.5) is 5.69 Å². The van der Waals surface area contributed by atoms with E-state index in [1.165, 1.54) is 13.2 Å².